The van der Waals surface area contributed by atoms with Gasteiger partial charge in [-0.15, -0.1) is 0 Å². The first-order valence-corrected chi connectivity index (χ1v) is 6.15. The van der Waals surface area contributed by atoms with E-state index in [0.717, 1.165) is 12.1 Å². The molecule has 1 nitrogen and oxygen atoms in total. The lowest BCUT2D eigenvalue weighted by Crippen LogP contribution is -2.09. The summed E-state index contributed by atoms with van der Waals surface area (Å²) in [5.41, 5.74) is 0.459. The monoisotopic (exact) mass is 298 g/mol. The van der Waals surface area contributed by atoms with Crippen LogP contribution in [0.5, 0.6) is 0 Å². The van der Waals surface area contributed by atoms with Crippen LogP contribution in [0.4, 0.5) is 13.2 Å². The van der Waals surface area contributed by atoms with Gasteiger partial charge in [-0.1, -0.05) is 11.6 Å². The van der Waals surface area contributed by atoms with E-state index in [4.69, 9.17) is 11.6 Å². The number of carbonyl (C=O) groups is 1. The van der Waals surface area contributed by atoms with E-state index in [1.165, 1.54) is 26.0 Å². The van der Waals surface area contributed by atoms with Crippen LogP contribution in [0.2, 0.25) is 5.02 Å². The molecular weight excluding hydrogens is 289 g/mol. The average molecular weight is 299 g/mol. The Balaban J connectivity index is 2.61. The molecule has 0 radical (unpaired) electrons. The van der Waals surface area contributed by atoms with E-state index in [2.05, 4.69) is 0 Å². The molecule has 0 fully saturated rings. The Hall–Kier alpha value is -1.81. The highest BCUT2D eigenvalue weighted by Gasteiger charge is 2.20. The van der Waals surface area contributed by atoms with Crippen molar-refractivity contribution in [2.24, 2.45) is 0 Å². The lowest BCUT2D eigenvalue weighted by atomic mass is 9.94. The standard InChI is InChI=1S/C15H10ClF3O/c1-7-3-9(17)4-8(2)14(7)15(20)10-5-13(19)11(16)6-12(10)18/h3-6H,1-2H3. The van der Waals surface area contributed by atoms with E-state index in [1.807, 2.05) is 0 Å². The van der Waals surface area contributed by atoms with Gasteiger partial charge in [0, 0.05) is 5.56 Å². The minimum absolute atomic E-state index is 0.159. The second kappa shape index (κ2) is 5.29. The van der Waals surface area contributed by atoms with Crippen molar-refractivity contribution in [1.29, 1.82) is 0 Å². The van der Waals surface area contributed by atoms with E-state index in [-0.39, 0.29) is 5.56 Å². The number of hydrogen-bond donors (Lipinski definition) is 0. The Labute approximate surface area is 119 Å². The minimum atomic E-state index is -0.912. The number of carbonyl (C=O) groups excluding carboxylic acids is 1. The van der Waals surface area contributed by atoms with Crippen LogP contribution in [0.15, 0.2) is 24.3 Å². The topological polar surface area (TPSA) is 17.1 Å². The molecule has 0 amide bonds. The molecule has 0 heterocycles. The van der Waals surface area contributed by atoms with Gasteiger partial charge in [-0.3, -0.25) is 4.79 Å². The smallest absolute Gasteiger partial charge is 0.196 e. The van der Waals surface area contributed by atoms with Gasteiger partial charge in [0.1, 0.15) is 17.5 Å². The van der Waals surface area contributed by atoms with Crippen molar-refractivity contribution >= 4 is 17.4 Å². The number of rotatable bonds is 2. The fraction of sp³-hybridized carbons (Fsp3) is 0.133. The zero-order valence-corrected chi connectivity index (χ0v) is 11.5. The SMILES string of the molecule is Cc1cc(F)cc(C)c1C(=O)c1cc(F)c(Cl)cc1F. The molecule has 0 aliphatic rings. The molecular formula is C15H10ClF3O. The van der Waals surface area contributed by atoms with Crippen LogP contribution in [0, 0.1) is 31.3 Å². The van der Waals surface area contributed by atoms with E-state index in [1.54, 1.807) is 0 Å². The number of benzene rings is 2. The van der Waals surface area contributed by atoms with Crippen LogP contribution in [-0.4, -0.2) is 5.78 Å². The summed E-state index contributed by atoms with van der Waals surface area (Å²) in [6.07, 6.45) is 0. The van der Waals surface area contributed by atoms with Crippen LogP contribution in [0.25, 0.3) is 0 Å². The Morgan fingerprint density at radius 1 is 0.950 bits per heavy atom. The van der Waals surface area contributed by atoms with Crippen LogP contribution >= 0.6 is 11.6 Å². The van der Waals surface area contributed by atoms with Crippen LogP contribution in [0.3, 0.4) is 0 Å². The first-order chi connectivity index (χ1) is 9.31. The molecule has 0 saturated carbocycles. The first kappa shape index (κ1) is 14.6. The average Bonchev–Trinajstić information content (AvgIpc) is 2.32. The fourth-order valence-electron chi connectivity index (χ4n) is 2.10. The third kappa shape index (κ3) is 2.56. The van der Waals surface area contributed by atoms with Crippen molar-refractivity contribution in [3.63, 3.8) is 0 Å². The second-order valence-corrected chi connectivity index (χ2v) is 4.90. The maximum Gasteiger partial charge on any atom is 0.196 e. The Morgan fingerprint density at radius 2 is 1.50 bits per heavy atom. The summed E-state index contributed by atoms with van der Waals surface area (Å²) < 4.78 is 40.4. The number of hydrogen-bond acceptors (Lipinski definition) is 1. The molecule has 5 heteroatoms. The van der Waals surface area contributed by atoms with Gasteiger partial charge in [0.15, 0.2) is 5.78 Å². The van der Waals surface area contributed by atoms with Crippen molar-refractivity contribution in [1.82, 2.24) is 0 Å². The third-order valence-corrected chi connectivity index (χ3v) is 3.27. The summed E-state index contributed by atoms with van der Waals surface area (Å²) in [6, 6.07) is 3.84. The summed E-state index contributed by atoms with van der Waals surface area (Å²) in [4.78, 5) is 12.3. The van der Waals surface area contributed by atoms with Crippen molar-refractivity contribution in [3.8, 4) is 0 Å². The molecule has 0 unspecified atom stereocenters. The highest BCUT2D eigenvalue weighted by molar-refractivity contribution is 6.31. The highest BCUT2D eigenvalue weighted by Crippen LogP contribution is 2.24. The van der Waals surface area contributed by atoms with Gasteiger partial charge in [-0.05, 0) is 49.2 Å². The summed E-state index contributed by atoms with van der Waals surface area (Å²) in [5.74, 6) is -2.98. The van der Waals surface area contributed by atoms with Gasteiger partial charge in [0.25, 0.3) is 0 Å². The predicted molar refractivity (Wildman–Crippen MR) is 70.7 cm³/mol. The quantitative estimate of drug-likeness (QED) is 0.585. The van der Waals surface area contributed by atoms with Gasteiger partial charge in [-0.25, -0.2) is 13.2 Å². The third-order valence-electron chi connectivity index (χ3n) is 2.98. The van der Waals surface area contributed by atoms with Gasteiger partial charge in [0.05, 0.1) is 10.6 Å². The highest BCUT2D eigenvalue weighted by atomic mass is 35.5. The van der Waals surface area contributed by atoms with Gasteiger partial charge in [0.2, 0.25) is 0 Å². The molecule has 0 aliphatic heterocycles. The van der Waals surface area contributed by atoms with Crippen molar-refractivity contribution in [2.45, 2.75) is 13.8 Å². The predicted octanol–water partition coefficient (Wildman–Crippen LogP) is 4.61. The molecule has 104 valence electrons. The van der Waals surface area contributed by atoms with Crippen molar-refractivity contribution < 1.29 is 18.0 Å². The minimum Gasteiger partial charge on any atom is -0.288 e. The Kier molecular flexibility index (Phi) is 3.86. The molecule has 2 aromatic carbocycles. The number of halogens is 4. The van der Waals surface area contributed by atoms with Crippen molar-refractivity contribution in [2.75, 3.05) is 0 Å². The molecule has 2 aromatic rings. The summed E-state index contributed by atoms with van der Waals surface area (Å²) >= 11 is 5.44. The van der Waals surface area contributed by atoms with E-state index in [0.29, 0.717) is 11.1 Å². The molecule has 0 N–H and O–H groups in total. The molecule has 0 bridgehead atoms. The molecule has 2 rings (SSSR count). The van der Waals surface area contributed by atoms with Crippen LogP contribution in [0.1, 0.15) is 27.0 Å². The lowest BCUT2D eigenvalue weighted by Gasteiger charge is -2.10. The number of ketones is 1. The summed E-state index contributed by atoms with van der Waals surface area (Å²) in [5, 5.41) is -0.397. The zero-order valence-electron chi connectivity index (χ0n) is 10.7. The molecule has 0 spiro atoms. The zero-order chi connectivity index (χ0) is 15.0. The van der Waals surface area contributed by atoms with Crippen LogP contribution < -0.4 is 0 Å². The van der Waals surface area contributed by atoms with Gasteiger partial charge >= 0.3 is 0 Å². The summed E-state index contributed by atoms with van der Waals surface area (Å²) in [7, 11) is 0. The molecule has 0 aliphatic carbocycles. The lowest BCUT2D eigenvalue weighted by molar-refractivity contribution is 0.103. The molecule has 0 aromatic heterocycles. The largest absolute Gasteiger partial charge is 0.288 e. The molecule has 0 saturated heterocycles. The maximum absolute atomic E-state index is 13.8. The Bertz CT molecular complexity index is 688. The van der Waals surface area contributed by atoms with Crippen molar-refractivity contribution in [3.05, 3.63) is 69.0 Å². The van der Waals surface area contributed by atoms with E-state index < -0.39 is 33.8 Å². The second-order valence-electron chi connectivity index (χ2n) is 4.49. The molecule has 20 heavy (non-hydrogen) atoms. The van der Waals surface area contributed by atoms with E-state index >= 15 is 0 Å². The van der Waals surface area contributed by atoms with E-state index in [9.17, 15) is 18.0 Å². The van der Waals surface area contributed by atoms with Gasteiger partial charge in [-0.2, -0.15) is 0 Å². The van der Waals surface area contributed by atoms with Crippen LogP contribution in [-0.2, 0) is 0 Å². The number of aryl methyl sites for hydroxylation is 2. The Morgan fingerprint density at radius 3 is 2.05 bits per heavy atom. The fourth-order valence-corrected chi connectivity index (χ4v) is 2.25. The summed E-state index contributed by atoms with van der Waals surface area (Å²) in [6.45, 7) is 3.07. The maximum atomic E-state index is 13.8. The van der Waals surface area contributed by atoms with Gasteiger partial charge < -0.3 is 0 Å². The normalized spacial score (nSPS) is 10.7. The first-order valence-electron chi connectivity index (χ1n) is 5.77. The molecule has 0 atom stereocenters.